The summed E-state index contributed by atoms with van der Waals surface area (Å²) in [4.78, 5) is 35.7. The van der Waals surface area contributed by atoms with E-state index in [0.29, 0.717) is 22.7 Å². The van der Waals surface area contributed by atoms with Crippen molar-refractivity contribution in [3.05, 3.63) is 16.5 Å². The molecule has 1 atom stereocenters. The Morgan fingerprint density at radius 1 is 1.41 bits per heavy atom. The molecule has 22 heavy (non-hydrogen) atoms. The minimum atomic E-state index is -1.06. The molecule has 3 N–H and O–H groups in total. The van der Waals surface area contributed by atoms with Crippen molar-refractivity contribution < 1.29 is 19.5 Å². The Kier molecular flexibility index (Phi) is 7.40. The number of rotatable bonds is 8. The second-order valence-electron chi connectivity index (χ2n) is 4.64. The molecule has 1 aromatic heterocycles. The van der Waals surface area contributed by atoms with E-state index in [1.54, 1.807) is 6.07 Å². The molecule has 1 heterocycles. The lowest BCUT2D eigenvalue weighted by atomic mass is 10.2. The SMILES string of the molecule is CCc1cc(C(=O)NC(CCSC)C(=O)O)c(NC(C)=O)s1. The number of amides is 2. The highest BCUT2D eigenvalue weighted by atomic mass is 32.2. The van der Waals surface area contributed by atoms with Crippen LogP contribution < -0.4 is 10.6 Å². The van der Waals surface area contributed by atoms with Crippen LogP contribution in [0.15, 0.2) is 6.07 Å². The molecular weight excluding hydrogens is 324 g/mol. The van der Waals surface area contributed by atoms with Crippen LogP contribution in [0.5, 0.6) is 0 Å². The number of hydrogen-bond donors (Lipinski definition) is 3. The Balaban J connectivity index is 2.92. The molecule has 0 fully saturated rings. The molecule has 8 heteroatoms. The molecule has 0 bridgehead atoms. The van der Waals surface area contributed by atoms with E-state index in [0.717, 1.165) is 11.3 Å². The quantitative estimate of drug-likeness (QED) is 0.672. The zero-order valence-electron chi connectivity index (χ0n) is 12.8. The van der Waals surface area contributed by atoms with Crippen molar-refractivity contribution in [2.45, 2.75) is 32.7 Å². The van der Waals surface area contributed by atoms with Crippen molar-refractivity contribution in [3.63, 3.8) is 0 Å². The predicted molar refractivity (Wildman–Crippen MR) is 89.9 cm³/mol. The van der Waals surface area contributed by atoms with E-state index in [1.807, 2.05) is 13.2 Å². The summed E-state index contributed by atoms with van der Waals surface area (Å²) in [6, 6.07) is 0.758. The van der Waals surface area contributed by atoms with E-state index < -0.39 is 17.9 Å². The first kappa shape index (κ1) is 18.5. The first-order chi connectivity index (χ1) is 10.4. The number of carboxylic acid groups (broad SMARTS) is 1. The lowest BCUT2D eigenvalue weighted by molar-refractivity contribution is -0.139. The average molecular weight is 344 g/mol. The van der Waals surface area contributed by atoms with E-state index in [9.17, 15) is 19.5 Å². The fourth-order valence-corrected chi connectivity index (χ4v) is 3.28. The third kappa shape index (κ3) is 5.34. The van der Waals surface area contributed by atoms with Gasteiger partial charge >= 0.3 is 5.97 Å². The largest absolute Gasteiger partial charge is 0.480 e. The maximum absolute atomic E-state index is 12.3. The second kappa shape index (κ2) is 8.79. The lowest BCUT2D eigenvalue weighted by Gasteiger charge is -2.14. The summed E-state index contributed by atoms with van der Waals surface area (Å²) in [6.07, 6.45) is 2.96. The zero-order valence-corrected chi connectivity index (χ0v) is 14.4. The summed E-state index contributed by atoms with van der Waals surface area (Å²) in [6.45, 7) is 3.31. The molecule has 0 aliphatic carbocycles. The van der Waals surface area contributed by atoms with Crippen molar-refractivity contribution in [3.8, 4) is 0 Å². The van der Waals surface area contributed by atoms with Crippen molar-refractivity contribution in [2.75, 3.05) is 17.3 Å². The van der Waals surface area contributed by atoms with Crippen LogP contribution >= 0.6 is 23.1 Å². The van der Waals surface area contributed by atoms with Crippen LogP contribution in [0, 0.1) is 0 Å². The van der Waals surface area contributed by atoms with Crippen molar-refractivity contribution in [2.24, 2.45) is 0 Å². The normalized spacial score (nSPS) is 11.8. The molecule has 0 radical (unpaired) electrons. The topological polar surface area (TPSA) is 95.5 Å². The van der Waals surface area contributed by atoms with Gasteiger partial charge < -0.3 is 15.7 Å². The minimum Gasteiger partial charge on any atom is -0.480 e. The van der Waals surface area contributed by atoms with Gasteiger partial charge in [-0.3, -0.25) is 9.59 Å². The molecule has 0 saturated carbocycles. The van der Waals surface area contributed by atoms with Gasteiger partial charge in [-0.25, -0.2) is 4.79 Å². The second-order valence-corrected chi connectivity index (χ2v) is 6.76. The van der Waals surface area contributed by atoms with Gasteiger partial charge in [-0.05, 0) is 30.9 Å². The highest BCUT2D eigenvalue weighted by Crippen LogP contribution is 2.28. The lowest BCUT2D eigenvalue weighted by Crippen LogP contribution is -2.41. The summed E-state index contributed by atoms with van der Waals surface area (Å²) in [5.41, 5.74) is 0.312. The van der Waals surface area contributed by atoms with Crippen molar-refractivity contribution in [1.82, 2.24) is 5.32 Å². The summed E-state index contributed by atoms with van der Waals surface area (Å²) in [5, 5.41) is 14.8. The third-order valence-electron chi connectivity index (χ3n) is 2.88. The Hall–Kier alpha value is -1.54. The predicted octanol–water partition coefficient (Wildman–Crippen LogP) is 2.21. The number of nitrogens with one attached hydrogen (secondary N) is 2. The van der Waals surface area contributed by atoms with Crippen LogP contribution in [0.2, 0.25) is 0 Å². The molecule has 0 spiro atoms. The fourth-order valence-electron chi connectivity index (χ4n) is 1.77. The van der Waals surface area contributed by atoms with Gasteiger partial charge in [-0.15, -0.1) is 11.3 Å². The first-order valence-corrected chi connectivity index (χ1v) is 9.03. The van der Waals surface area contributed by atoms with Crippen LogP contribution in [0.3, 0.4) is 0 Å². The standard InChI is InChI=1S/C14H20N2O4S2/c1-4-9-7-10(13(22-9)15-8(2)17)12(18)16-11(14(19)20)5-6-21-3/h7,11H,4-6H2,1-3H3,(H,15,17)(H,16,18)(H,19,20). The Morgan fingerprint density at radius 2 is 2.09 bits per heavy atom. The average Bonchev–Trinajstić information content (AvgIpc) is 2.85. The van der Waals surface area contributed by atoms with Crippen LogP contribution in [-0.4, -0.2) is 40.9 Å². The van der Waals surface area contributed by atoms with Gasteiger partial charge in [0.1, 0.15) is 11.0 Å². The molecule has 1 unspecified atom stereocenters. The van der Waals surface area contributed by atoms with Gasteiger partial charge in [0.15, 0.2) is 0 Å². The molecule has 2 amide bonds. The summed E-state index contributed by atoms with van der Waals surface area (Å²) >= 11 is 2.85. The van der Waals surface area contributed by atoms with Gasteiger partial charge in [0.25, 0.3) is 5.91 Å². The summed E-state index contributed by atoms with van der Waals surface area (Å²) < 4.78 is 0. The van der Waals surface area contributed by atoms with Gasteiger partial charge in [0.05, 0.1) is 5.56 Å². The Labute approximate surface area is 137 Å². The number of thiophene rings is 1. The van der Waals surface area contributed by atoms with Crippen LogP contribution in [0.1, 0.15) is 35.5 Å². The van der Waals surface area contributed by atoms with Gasteiger partial charge in [-0.2, -0.15) is 11.8 Å². The number of aryl methyl sites for hydroxylation is 1. The van der Waals surface area contributed by atoms with Crippen LogP contribution in [0.4, 0.5) is 5.00 Å². The van der Waals surface area contributed by atoms with E-state index in [4.69, 9.17) is 0 Å². The first-order valence-electron chi connectivity index (χ1n) is 6.81. The Bertz CT molecular complexity index is 557. The van der Waals surface area contributed by atoms with Gasteiger partial charge in [0.2, 0.25) is 5.91 Å². The molecule has 6 nitrogen and oxygen atoms in total. The number of anilines is 1. The maximum Gasteiger partial charge on any atom is 0.326 e. The van der Waals surface area contributed by atoms with Crippen LogP contribution in [-0.2, 0) is 16.0 Å². The maximum atomic E-state index is 12.3. The molecule has 0 aliphatic heterocycles. The Morgan fingerprint density at radius 3 is 2.59 bits per heavy atom. The minimum absolute atomic E-state index is 0.268. The van der Waals surface area contributed by atoms with E-state index in [2.05, 4.69) is 10.6 Å². The highest BCUT2D eigenvalue weighted by Gasteiger charge is 2.23. The number of thioether (sulfide) groups is 1. The molecule has 122 valence electrons. The highest BCUT2D eigenvalue weighted by molar-refractivity contribution is 7.98. The van der Waals surface area contributed by atoms with Crippen molar-refractivity contribution >= 4 is 45.9 Å². The van der Waals surface area contributed by atoms with Gasteiger partial charge in [0, 0.05) is 11.8 Å². The third-order valence-corrected chi connectivity index (χ3v) is 4.72. The molecule has 1 rings (SSSR count). The smallest absolute Gasteiger partial charge is 0.326 e. The van der Waals surface area contributed by atoms with E-state index >= 15 is 0 Å². The molecule has 0 saturated heterocycles. The number of aliphatic carboxylic acids is 1. The van der Waals surface area contributed by atoms with Crippen LogP contribution in [0.25, 0.3) is 0 Å². The van der Waals surface area contributed by atoms with Crippen molar-refractivity contribution in [1.29, 1.82) is 0 Å². The van der Waals surface area contributed by atoms with Gasteiger partial charge in [-0.1, -0.05) is 6.92 Å². The van der Waals surface area contributed by atoms with E-state index in [-0.39, 0.29) is 5.91 Å². The monoisotopic (exact) mass is 344 g/mol. The summed E-state index contributed by atoms with van der Waals surface area (Å²) in [7, 11) is 0. The molecular formula is C14H20N2O4S2. The zero-order chi connectivity index (χ0) is 16.7. The van der Waals surface area contributed by atoms with E-state index in [1.165, 1.54) is 30.0 Å². The molecule has 0 aromatic carbocycles. The number of hydrogen-bond acceptors (Lipinski definition) is 5. The fraction of sp³-hybridized carbons (Fsp3) is 0.500. The number of carbonyl (C=O) groups is 3. The molecule has 0 aliphatic rings. The number of carbonyl (C=O) groups excluding carboxylic acids is 2. The summed E-state index contributed by atoms with van der Waals surface area (Å²) in [5.74, 6) is -1.17. The molecule has 1 aromatic rings. The number of carboxylic acids is 1.